The highest BCUT2D eigenvalue weighted by Crippen LogP contribution is 2.24. The van der Waals surface area contributed by atoms with Crippen LogP contribution >= 0.6 is 11.6 Å². The molecular weight excluding hydrogens is 276 g/mol. The lowest BCUT2D eigenvalue weighted by atomic mass is 10.2. The van der Waals surface area contributed by atoms with Crippen LogP contribution in [0.1, 0.15) is 21.7 Å². The zero-order valence-corrected chi connectivity index (χ0v) is 11.6. The minimum Gasteiger partial charge on any atom is -0.469 e. The summed E-state index contributed by atoms with van der Waals surface area (Å²) in [6, 6.07) is 6.76. The molecule has 3 N–H and O–H groups in total. The van der Waals surface area contributed by atoms with Gasteiger partial charge in [-0.25, -0.2) is 0 Å². The summed E-state index contributed by atoms with van der Waals surface area (Å²) in [6.45, 7) is 2.00. The maximum Gasteiger partial charge on any atom is 0.259 e. The Balaban J connectivity index is 2.25. The van der Waals surface area contributed by atoms with Crippen molar-refractivity contribution in [3.63, 3.8) is 0 Å². The van der Waals surface area contributed by atoms with Gasteiger partial charge in [0.2, 0.25) is 0 Å². The SMILES string of the molecule is Cc1occc1C(=O)Nc1cc(C#CCN)ccc1Cl. The molecule has 102 valence electrons. The molecule has 20 heavy (non-hydrogen) atoms. The molecular formula is C15H13ClN2O2. The molecule has 0 atom stereocenters. The largest absolute Gasteiger partial charge is 0.469 e. The van der Waals surface area contributed by atoms with E-state index in [1.54, 1.807) is 31.2 Å². The third-order valence-electron chi connectivity index (χ3n) is 2.65. The number of carbonyl (C=O) groups excluding carboxylic acids is 1. The minimum atomic E-state index is -0.276. The van der Waals surface area contributed by atoms with Crippen LogP contribution in [0.2, 0.25) is 5.02 Å². The van der Waals surface area contributed by atoms with Crippen LogP contribution in [-0.4, -0.2) is 12.5 Å². The van der Waals surface area contributed by atoms with Gasteiger partial charge in [-0.3, -0.25) is 4.79 Å². The molecule has 0 aliphatic heterocycles. The fourth-order valence-corrected chi connectivity index (χ4v) is 1.83. The molecule has 0 saturated heterocycles. The molecule has 0 aliphatic carbocycles. The number of rotatable bonds is 2. The Morgan fingerprint density at radius 1 is 1.45 bits per heavy atom. The summed E-state index contributed by atoms with van der Waals surface area (Å²) < 4.78 is 5.10. The van der Waals surface area contributed by atoms with Gasteiger partial charge in [0.15, 0.2) is 0 Å². The molecule has 2 aromatic rings. The summed E-state index contributed by atoms with van der Waals surface area (Å²) in [6.07, 6.45) is 1.47. The zero-order valence-electron chi connectivity index (χ0n) is 10.9. The summed E-state index contributed by atoms with van der Waals surface area (Å²) in [5.41, 5.74) is 7.03. The molecule has 0 fully saturated rings. The first-order chi connectivity index (χ1) is 9.61. The molecule has 0 radical (unpaired) electrons. The molecule has 0 aliphatic rings. The van der Waals surface area contributed by atoms with Crippen molar-refractivity contribution in [2.75, 3.05) is 11.9 Å². The predicted octanol–water partition coefficient (Wildman–Crippen LogP) is 2.80. The molecule has 2 rings (SSSR count). The van der Waals surface area contributed by atoms with E-state index in [1.165, 1.54) is 6.26 Å². The van der Waals surface area contributed by atoms with Gasteiger partial charge in [0, 0.05) is 5.56 Å². The summed E-state index contributed by atoms with van der Waals surface area (Å²) in [7, 11) is 0. The molecule has 5 heteroatoms. The fraction of sp³-hybridized carbons (Fsp3) is 0.133. The summed E-state index contributed by atoms with van der Waals surface area (Å²) in [5, 5.41) is 3.18. The van der Waals surface area contributed by atoms with E-state index in [9.17, 15) is 4.79 Å². The van der Waals surface area contributed by atoms with Crippen LogP contribution in [0, 0.1) is 18.8 Å². The molecule has 0 saturated carbocycles. The van der Waals surface area contributed by atoms with E-state index >= 15 is 0 Å². The quantitative estimate of drug-likeness (QED) is 0.835. The summed E-state index contributed by atoms with van der Waals surface area (Å²) in [5.74, 6) is 5.91. The molecule has 1 aromatic heterocycles. The molecule has 1 heterocycles. The summed E-state index contributed by atoms with van der Waals surface area (Å²) in [4.78, 5) is 12.1. The van der Waals surface area contributed by atoms with Gasteiger partial charge in [0.25, 0.3) is 5.91 Å². The van der Waals surface area contributed by atoms with Crippen molar-refractivity contribution in [3.8, 4) is 11.8 Å². The Labute approximate surface area is 121 Å². The summed E-state index contributed by atoms with van der Waals surface area (Å²) >= 11 is 6.06. The molecule has 0 spiro atoms. The second kappa shape index (κ2) is 6.29. The van der Waals surface area contributed by atoms with Gasteiger partial charge < -0.3 is 15.5 Å². The highest BCUT2D eigenvalue weighted by atomic mass is 35.5. The van der Waals surface area contributed by atoms with Crippen LogP contribution in [0.3, 0.4) is 0 Å². The molecule has 0 bridgehead atoms. The lowest BCUT2D eigenvalue weighted by molar-refractivity contribution is 0.102. The number of anilines is 1. The number of hydrogen-bond donors (Lipinski definition) is 2. The van der Waals surface area contributed by atoms with Gasteiger partial charge in [-0.15, -0.1) is 0 Å². The Morgan fingerprint density at radius 3 is 2.90 bits per heavy atom. The Kier molecular flexibility index (Phi) is 4.46. The van der Waals surface area contributed by atoms with Crippen molar-refractivity contribution in [2.45, 2.75) is 6.92 Å². The predicted molar refractivity (Wildman–Crippen MR) is 78.8 cm³/mol. The molecule has 0 unspecified atom stereocenters. The number of aryl methyl sites for hydroxylation is 1. The second-order valence-electron chi connectivity index (χ2n) is 4.05. The van der Waals surface area contributed by atoms with E-state index in [1.807, 2.05) is 0 Å². The van der Waals surface area contributed by atoms with Gasteiger partial charge >= 0.3 is 0 Å². The van der Waals surface area contributed by atoms with E-state index < -0.39 is 0 Å². The van der Waals surface area contributed by atoms with E-state index in [0.29, 0.717) is 22.0 Å². The van der Waals surface area contributed by atoms with Crippen LogP contribution in [0.25, 0.3) is 0 Å². The lowest BCUT2D eigenvalue weighted by Gasteiger charge is -2.07. The standard InChI is InChI=1S/C15H13ClN2O2/c1-10-12(6-8-20-10)15(19)18-14-9-11(3-2-7-17)4-5-13(14)16/h4-6,8-9H,7,17H2,1H3,(H,18,19). The second-order valence-corrected chi connectivity index (χ2v) is 4.45. The number of nitrogens with two attached hydrogens (primary N) is 1. The highest BCUT2D eigenvalue weighted by molar-refractivity contribution is 6.34. The van der Waals surface area contributed by atoms with Crippen LogP contribution in [-0.2, 0) is 0 Å². The lowest BCUT2D eigenvalue weighted by Crippen LogP contribution is -2.12. The minimum absolute atomic E-state index is 0.276. The first-order valence-corrected chi connectivity index (χ1v) is 6.33. The average molecular weight is 289 g/mol. The van der Waals surface area contributed by atoms with Crippen LogP contribution in [0.5, 0.6) is 0 Å². The van der Waals surface area contributed by atoms with Gasteiger partial charge in [-0.05, 0) is 31.2 Å². The molecule has 4 nitrogen and oxygen atoms in total. The van der Waals surface area contributed by atoms with Gasteiger partial charge in [0.1, 0.15) is 5.76 Å². The van der Waals surface area contributed by atoms with E-state index in [4.69, 9.17) is 21.8 Å². The third kappa shape index (κ3) is 3.21. The topological polar surface area (TPSA) is 68.3 Å². The number of carbonyl (C=O) groups is 1. The van der Waals surface area contributed by atoms with Crippen LogP contribution in [0.4, 0.5) is 5.69 Å². The first kappa shape index (κ1) is 14.2. The van der Waals surface area contributed by atoms with Crippen molar-refractivity contribution in [3.05, 3.63) is 52.4 Å². The molecule has 1 aromatic carbocycles. The van der Waals surface area contributed by atoms with Crippen LogP contribution < -0.4 is 11.1 Å². The van der Waals surface area contributed by atoms with E-state index in [-0.39, 0.29) is 12.5 Å². The third-order valence-corrected chi connectivity index (χ3v) is 2.98. The van der Waals surface area contributed by atoms with Crippen molar-refractivity contribution < 1.29 is 9.21 Å². The Bertz CT molecular complexity index is 695. The van der Waals surface area contributed by atoms with Crippen molar-refractivity contribution in [2.24, 2.45) is 5.73 Å². The number of halogens is 1. The van der Waals surface area contributed by atoms with Crippen molar-refractivity contribution >= 4 is 23.2 Å². The Morgan fingerprint density at radius 2 is 2.25 bits per heavy atom. The Hall–Kier alpha value is -2.22. The van der Waals surface area contributed by atoms with Gasteiger partial charge in [0.05, 0.1) is 29.1 Å². The number of hydrogen-bond acceptors (Lipinski definition) is 3. The fourth-order valence-electron chi connectivity index (χ4n) is 1.66. The first-order valence-electron chi connectivity index (χ1n) is 5.95. The monoisotopic (exact) mass is 288 g/mol. The van der Waals surface area contributed by atoms with E-state index in [2.05, 4.69) is 17.2 Å². The van der Waals surface area contributed by atoms with Gasteiger partial charge in [-0.2, -0.15) is 0 Å². The number of benzene rings is 1. The van der Waals surface area contributed by atoms with E-state index in [0.717, 1.165) is 5.56 Å². The highest BCUT2D eigenvalue weighted by Gasteiger charge is 2.13. The van der Waals surface area contributed by atoms with Crippen LogP contribution in [0.15, 0.2) is 34.9 Å². The number of furan rings is 1. The van der Waals surface area contributed by atoms with Gasteiger partial charge in [-0.1, -0.05) is 23.4 Å². The number of amides is 1. The smallest absolute Gasteiger partial charge is 0.259 e. The maximum absolute atomic E-state index is 12.1. The molecule has 1 amide bonds. The zero-order chi connectivity index (χ0) is 14.5. The normalized spacial score (nSPS) is 9.75. The van der Waals surface area contributed by atoms with Crippen molar-refractivity contribution in [1.29, 1.82) is 0 Å². The number of nitrogens with one attached hydrogen (secondary N) is 1. The average Bonchev–Trinajstić information content (AvgIpc) is 2.86. The van der Waals surface area contributed by atoms with Crippen molar-refractivity contribution in [1.82, 2.24) is 0 Å². The maximum atomic E-state index is 12.1.